The maximum atomic E-state index is 13.5. The first-order chi connectivity index (χ1) is 10.6. The first kappa shape index (κ1) is 16.3. The van der Waals surface area contributed by atoms with Crippen LogP contribution in [0.1, 0.15) is 18.9 Å². The van der Waals surface area contributed by atoms with E-state index >= 15 is 0 Å². The van der Waals surface area contributed by atoms with Gasteiger partial charge in [-0.2, -0.15) is 0 Å². The summed E-state index contributed by atoms with van der Waals surface area (Å²) in [6.45, 7) is 1.98. The van der Waals surface area contributed by atoms with E-state index in [0.29, 0.717) is 22.8 Å². The lowest BCUT2D eigenvalue weighted by atomic mass is 10.2. The molecule has 0 spiro atoms. The van der Waals surface area contributed by atoms with Crippen molar-refractivity contribution in [3.05, 3.63) is 64.9 Å². The Morgan fingerprint density at radius 1 is 1.23 bits per heavy atom. The molecule has 0 aliphatic carbocycles. The molecule has 22 heavy (non-hydrogen) atoms. The molecule has 0 saturated carbocycles. The highest BCUT2D eigenvalue weighted by Crippen LogP contribution is 2.17. The number of rotatable bonds is 6. The van der Waals surface area contributed by atoms with Crippen LogP contribution in [0.5, 0.6) is 5.75 Å². The maximum Gasteiger partial charge on any atom is 0.261 e. The molecule has 3 nitrogen and oxygen atoms in total. The second-order valence-electron chi connectivity index (χ2n) is 4.78. The van der Waals surface area contributed by atoms with Crippen LogP contribution in [0.3, 0.4) is 0 Å². The molecular formula is C17H17ClFNO2. The van der Waals surface area contributed by atoms with Gasteiger partial charge in [0.15, 0.2) is 6.10 Å². The standard InChI is InChI=1S/C17H17ClFNO2/c1-2-16(22-14-9-7-13(18)8-10-14)17(21)20-11-12-5-3-4-6-15(12)19/h3-10,16H,2,11H2,1H3,(H,20,21). The van der Waals surface area contributed by atoms with Crippen molar-refractivity contribution in [2.75, 3.05) is 0 Å². The van der Waals surface area contributed by atoms with Gasteiger partial charge in [-0.15, -0.1) is 0 Å². The summed E-state index contributed by atoms with van der Waals surface area (Å²) in [5.41, 5.74) is 0.442. The molecule has 0 aromatic heterocycles. The van der Waals surface area contributed by atoms with Crippen molar-refractivity contribution in [1.29, 1.82) is 0 Å². The zero-order valence-corrected chi connectivity index (χ0v) is 12.9. The Morgan fingerprint density at radius 2 is 1.91 bits per heavy atom. The van der Waals surface area contributed by atoms with Crippen LogP contribution in [0, 0.1) is 5.82 Å². The second-order valence-corrected chi connectivity index (χ2v) is 5.21. The van der Waals surface area contributed by atoms with Gasteiger partial charge in [0, 0.05) is 17.1 Å². The van der Waals surface area contributed by atoms with Crippen LogP contribution in [-0.4, -0.2) is 12.0 Å². The molecule has 0 heterocycles. The molecule has 2 aromatic rings. The van der Waals surface area contributed by atoms with Crippen molar-refractivity contribution in [2.24, 2.45) is 0 Å². The monoisotopic (exact) mass is 321 g/mol. The number of hydrogen-bond acceptors (Lipinski definition) is 2. The molecular weight excluding hydrogens is 305 g/mol. The highest BCUT2D eigenvalue weighted by Gasteiger charge is 2.18. The number of hydrogen-bond donors (Lipinski definition) is 1. The normalized spacial score (nSPS) is 11.8. The fraction of sp³-hybridized carbons (Fsp3) is 0.235. The minimum Gasteiger partial charge on any atom is -0.481 e. The average Bonchev–Trinajstić information content (AvgIpc) is 2.53. The van der Waals surface area contributed by atoms with Gasteiger partial charge in [-0.05, 0) is 36.8 Å². The Balaban J connectivity index is 1.94. The van der Waals surface area contributed by atoms with E-state index in [0.717, 1.165) is 0 Å². The molecule has 0 aliphatic rings. The van der Waals surface area contributed by atoms with E-state index in [1.807, 2.05) is 6.92 Å². The van der Waals surface area contributed by atoms with E-state index in [9.17, 15) is 9.18 Å². The van der Waals surface area contributed by atoms with Crippen LogP contribution in [-0.2, 0) is 11.3 Å². The highest BCUT2D eigenvalue weighted by molar-refractivity contribution is 6.30. The topological polar surface area (TPSA) is 38.3 Å². The van der Waals surface area contributed by atoms with E-state index in [-0.39, 0.29) is 18.3 Å². The molecule has 0 aliphatic heterocycles. The van der Waals surface area contributed by atoms with E-state index in [2.05, 4.69) is 5.32 Å². The predicted octanol–water partition coefficient (Wildman–Crippen LogP) is 3.95. The molecule has 1 N–H and O–H groups in total. The molecule has 1 atom stereocenters. The zero-order chi connectivity index (χ0) is 15.9. The summed E-state index contributed by atoms with van der Waals surface area (Å²) < 4.78 is 19.1. The molecule has 5 heteroatoms. The smallest absolute Gasteiger partial charge is 0.261 e. The van der Waals surface area contributed by atoms with Crippen LogP contribution in [0.25, 0.3) is 0 Å². The lowest BCUT2D eigenvalue weighted by molar-refractivity contribution is -0.128. The van der Waals surface area contributed by atoms with E-state index in [1.165, 1.54) is 6.07 Å². The Hall–Kier alpha value is -2.07. The lowest BCUT2D eigenvalue weighted by Crippen LogP contribution is -2.37. The number of nitrogens with one attached hydrogen (secondary N) is 1. The summed E-state index contributed by atoms with van der Waals surface area (Å²) in [5.74, 6) is -0.0486. The SMILES string of the molecule is CCC(Oc1ccc(Cl)cc1)C(=O)NCc1ccccc1F. The van der Waals surface area contributed by atoms with Crippen LogP contribution in [0.2, 0.25) is 5.02 Å². The second kappa shape index (κ2) is 7.80. The fourth-order valence-corrected chi connectivity index (χ4v) is 2.06. The average molecular weight is 322 g/mol. The third-order valence-electron chi connectivity index (χ3n) is 3.17. The van der Waals surface area contributed by atoms with Gasteiger partial charge in [0.1, 0.15) is 11.6 Å². The fourth-order valence-electron chi connectivity index (χ4n) is 1.94. The van der Waals surface area contributed by atoms with Gasteiger partial charge in [0.05, 0.1) is 0 Å². The Labute approximate surface area is 134 Å². The number of benzene rings is 2. The Kier molecular flexibility index (Phi) is 5.78. The van der Waals surface area contributed by atoms with Gasteiger partial charge in [0.25, 0.3) is 5.91 Å². The molecule has 2 aromatic carbocycles. The van der Waals surface area contributed by atoms with E-state index < -0.39 is 6.10 Å². The predicted molar refractivity (Wildman–Crippen MR) is 84.4 cm³/mol. The lowest BCUT2D eigenvalue weighted by Gasteiger charge is -2.17. The van der Waals surface area contributed by atoms with Gasteiger partial charge >= 0.3 is 0 Å². The van der Waals surface area contributed by atoms with Gasteiger partial charge in [0.2, 0.25) is 0 Å². The maximum absolute atomic E-state index is 13.5. The Morgan fingerprint density at radius 3 is 2.55 bits per heavy atom. The Bertz CT molecular complexity index is 631. The molecule has 0 saturated heterocycles. The number of halogens is 2. The minimum absolute atomic E-state index is 0.131. The summed E-state index contributed by atoms with van der Waals surface area (Å²) in [4.78, 5) is 12.1. The van der Waals surface area contributed by atoms with Crippen molar-refractivity contribution in [1.82, 2.24) is 5.32 Å². The van der Waals surface area contributed by atoms with E-state index in [4.69, 9.17) is 16.3 Å². The van der Waals surface area contributed by atoms with Crippen LogP contribution >= 0.6 is 11.6 Å². The van der Waals surface area contributed by atoms with Crippen molar-refractivity contribution in [3.63, 3.8) is 0 Å². The molecule has 0 radical (unpaired) electrons. The molecule has 1 amide bonds. The highest BCUT2D eigenvalue weighted by atomic mass is 35.5. The largest absolute Gasteiger partial charge is 0.481 e. The number of amides is 1. The van der Waals surface area contributed by atoms with Crippen LogP contribution in [0.15, 0.2) is 48.5 Å². The third-order valence-corrected chi connectivity index (χ3v) is 3.42. The molecule has 1 unspecified atom stereocenters. The summed E-state index contributed by atoms with van der Waals surface area (Å²) >= 11 is 5.81. The molecule has 116 valence electrons. The summed E-state index contributed by atoms with van der Waals surface area (Å²) in [6, 6.07) is 13.1. The van der Waals surface area contributed by atoms with Gasteiger partial charge < -0.3 is 10.1 Å². The van der Waals surface area contributed by atoms with Crippen molar-refractivity contribution in [3.8, 4) is 5.75 Å². The molecule has 0 bridgehead atoms. The quantitative estimate of drug-likeness (QED) is 0.874. The van der Waals surface area contributed by atoms with Crippen LogP contribution < -0.4 is 10.1 Å². The molecule has 2 rings (SSSR count). The minimum atomic E-state index is -0.632. The van der Waals surface area contributed by atoms with Gasteiger partial charge in [-0.25, -0.2) is 4.39 Å². The van der Waals surface area contributed by atoms with Crippen molar-refractivity contribution in [2.45, 2.75) is 26.0 Å². The summed E-state index contributed by atoms with van der Waals surface area (Å²) in [6.07, 6.45) is -0.126. The van der Waals surface area contributed by atoms with Crippen molar-refractivity contribution >= 4 is 17.5 Å². The summed E-state index contributed by atoms with van der Waals surface area (Å²) in [7, 11) is 0. The summed E-state index contributed by atoms with van der Waals surface area (Å²) in [5, 5.41) is 3.29. The molecule has 0 fully saturated rings. The first-order valence-electron chi connectivity index (χ1n) is 7.03. The first-order valence-corrected chi connectivity index (χ1v) is 7.41. The van der Waals surface area contributed by atoms with Gasteiger partial charge in [-0.3, -0.25) is 4.79 Å². The number of carbonyl (C=O) groups excluding carboxylic acids is 1. The number of ether oxygens (including phenoxy) is 1. The van der Waals surface area contributed by atoms with Crippen molar-refractivity contribution < 1.29 is 13.9 Å². The van der Waals surface area contributed by atoms with Crippen LogP contribution in [0.4, 0.5) is 4.39 Å². The number of carbonyl (C=O) groups is 1. The third kappa shape index (κ3) is 4.46. The zero-order valence-electron chi connectivity index (χ0n) is 12.2. The van der Waals surface area contributed by atoms with E-state index in [1.54, 1.807) is 42.5 Å². The van der Waals surface area contributed by atoms with Gasteiger partial charge in [-0.1, -0.05) is 36.7 Å².